The summed E-state index contributed by atoms with van der Waals surface area (Å²) in [6.45, 7) is 6.76. The van der Waals surface area contributed by atoms with Crippen molar-refractivity contribution in [1.82, 2.24) is 10.2 Å². The Kier molecular flexibility index (Phi) is 9.99. The Morgan fingerprint density at radius 3 is 2.05 bits per heavy atom. The molecule has 0 saturated heterocycles. The first-order chi connectivity index (χ1) is 18.4. The normalized spacial score (nSPS) is 12.1. The van der Waals surface area contributed by atoms with E-state index in [2.05, 4.69) is 5.32 Å². The molecule has 10 heteroatoms. The molecule has 0 aliphatic carbocycles. The molecule has 0 unspecified atom stereocenters. The van der Waals surface area contributed by atoms with E-state index < -0.39 is 28.5 Å². The van der Waals surface area contributed by atoms with Gasteiger partial charge in [-0.3, -0.25) is 13.9 Å². The van der Waals surface area contributed by atoms with Crippen molar-refractivity contribution in [3.63, 3.8) is 0 Å². The SMILES string of the molecule is COc1ccc(CN(C(=O)CN(c2ccc(C)cc2)S(=O)(=O)c2ccc(Cl)cc2)[C@H](C)C(=O)NC(C)C)cc1. The van der Waals surface area contributed by atoms with Crippen LogP contribution in [0.2, 0.25) is 5.02 Å². The van der Waals surface area contributed by atoms with E-state index in [1.165, 1.54) is 29.2 Å². The van der Waals surface area contributed by atoms with E-state index in [0.717, 1.165) is 15.4 Å². The highest BCUT2D eigenvalue weighted by atomic mass is 35.5. The lowest BCUT2D eigenvalue weighted by atomic mass is 10.1. The summed E-state index contributed by atoms with van der Waals surface area (Å²) in [6.07, 6.45) is 0. The predicted octanol–water partition coefficient (Wildman–Crippen LogP) is 4.79. The van der Waals surface area contributed by atoms with Crippen LogP contribution in [-0.2, 0) is 26.2 Å². The second-order valence-electron chi connectivity index (χ2n) is 9.51. The van der Waals surface area contributed by atoms with Crippen molar-refractivity contribution in [2.45, 2.75) is 51.2 Å². The highest BCUT2D eigenvalue weighted by Gasteiger charge is 2.32. The van der Waals surface area contributed by atoms with Crippen molar-refractivity contribution < 1.29 is 22.7 Å². The lowest BCUT2D eigenvalue weighted by Crippen LogP contribution is -2.52. The first-order valence-corrected chi connectivity index (χ1v) is 14.3. The van der Waals surface area contributed by atoms with Crippen LogP contribution in [-0.4, -0.2) is 50.9 Å². The zero-order chi connectivity index (χ0) is 28.7. The van der Waals surface area contributed by atoms with Gasteiger partial charge in [-0.2, -0.15) is 0 Å². The highest BCUT2D eigenvalue weighted by Crippen LogP contribution is 2.26. The van der Waals surface area contributed by atoms with Gasteiger partial charge in [0.1, 0.15) is 18.3 Å². The van der Waals surface area contributed by atoms with Crippen molar-refractivity contribution in [3.05, 3.63) is 88.9 Å². The third kappa shape index (κ3) is 7.74. The lowest BCUT2D eigenvalue weighted by Gasteiger charge is -2.32. The monoisotopic (exact) mass is 571 g/mol. The Morgan fingerprint density at radius 2 is 1.51 bits per heavy atom. The van der Waals surface area contributed by atoms with Crippen LogP contribution in [0, 0.1) is 6.92 Å². The average Bonchev–Trinajstić information content (AvgIpc) is 2.90. The number of anilines is 1. The van der Waals surface area contributed by atoms with Crippen LogP contribution in [0.5, 0.6) is 5.75 Å². The van der Waals surface area contributed by atoms with Crippen molar-refractivity contribution in [1.29, 1.82) is 0 Å². The molecule has 39 heavy (non-hydrogen) atoms. The Morgan fingerprint density at radius 1 is 0.923 bits per heavy atom. The second-order valence-corrected chi connectivity index (χ2v) is 11.8. The van der Waals surface area contributed by atoms with Gasteiger partial charge in [-0.1, -0.05) is 41.4 Å². The number of halogens is 1. The van der Waals surface area contributed by atoms with Crippen LogP contribution >= 0.6 is 11.6 Å². The highest BCUT2D eigenvalue weighted by molar-refractivity contribution is 7.92. The standard InChI is InChI=1S/C29H34ClN3O5S/c1-20(2)31-29(35)22(4)32(18-23-8-14-26(38-5)15-9-23)28(34)19-33(25-12-6-21(3)7-13-25)39(36,37)27-16-10-24(30)11-17-27/h6-17,20,22H,18-19H2,1-5H3,(H,31,35)/t22-/m1/s1. The van der Waals surface area contributed by atoms with E-state index in [0.29, 0.717) is 16.5 Å². The van der Waals surface area contributed by atoms with Gasteiger partial charge in [0, 0.05) is 17.6 Å². The number of nitrogens with zero attached hydrogens (tertiary/aromatic N) is 2. The number of carbonyl (C=O) groups excluding carboxylic acids is 2. The minimum atomic E-state index is -4.15. The number of benzene rings is 3. The fourth-order valence-electron chi connectivity index (χ4n) is 3.89. The quantitative estimate of drug-likeness (QED) is 0.357. The van der Waals surface area contributed by atoms with E-state index in [9.17, 15) is 18.0 Å². The van der Waals surface area contributed by atoms with Gasteiger partial charge in [0.25, 0.3) is 10.0 Å². The van der Waals surface area contributed by atoms with Gasteiger partial charge in [-0.25, -0.2) is 8.42 Å². The zero-order valence-electron chi connectivity index (χ0n) is 22.7. The van der Waals surface area contributed by atoms with Crippen LogP contribution in [0.25, 0.3) is 0 Å². The molecule has 0 saturated carbocycles. The number of hydrogen-bond donors (Lipinski definition) is 1. The Hall–Kier alpha value is -3.56. The first kappa shape index (κ1) is 30.0. The van der Waals surface area contributed by atoms with Gasteiger partial charge in [-0.15, -0.1) is 0 Å². The number of aryl methyl sites for hydroxylation is 1. The molecule has 3 rings (SSSR count). The summed E-state index contributed by atoms with van der Waals surface area (Å²) in [4.78, 5) is 28.2. The lowest BCUT2D eigenvalue weighted by molar-refractivity contribution is -0.139. The molecule has 0 bridgehead atoms. The van der Waals surface area contributed by atoms with Crippen molar-refractivity contribution in [3.8, 4) is 5.75 Å². The van der Waals surface area contributed by atoms with Crippen molar-refractivity contribution in [2.75, 3.05) is 18.0 Å². The van der Waals surface area contributed by atoms with Crippen LogP contribution in [0.4, 0.5) is 5.69 Å². The summed E-state index contributed by atoms with van der Waals surface area (Å²) in [5.41, 5.74) is 2.03. The molecule has 0 aromatic heterocycles. The van der Waals surface area contributed by atoms with E-state index in [1.54, 1.807) is 62.6 Å². The summed E-state index contributed by atoms with van der Waals surface area (Å²) in [5.74, 6) is -0.216. The minimum Gasteiger partial charge on any atom is -0.497 e. The molecule has 0 fully saturated rings. The number of ether oxygens (including phenoxy) is 1. The average molecular weight is 572 g/mol. The maximum atomic E-state index is 13.9. The molecular weight excluding hydrogens is 538 g/mol. The molecule has 0 aliphatic rings. The summed E-state index contributed by atoms with van der Waals surface area (Å²) in [7, 11) is -2.59. The van der Waals surface area contributed by atoms with Crippen molar-refractivity contribution in [2.24, 2.45) is 0 Å². The number of amides is 2. The predicted molar refractivity (Wildman–Crippen MR) is 153 cm³/mol. The number of hydrogen-bond acceptors (Lipinski definition) is 5. The number of carbonyl (C=O) groups is 2. The Bertz CT molecular complexity index is 1380. The molecule has 3 aromatic carbocycles. The molecule has 208 valence electrons. The molecule has 0 heterocycles. The third-order valence-corrected chi connectivity index (χ3v) is 8.15. The molecule has 0 radical (unpaired) electrons. The van der Waals surface area contributed by atoms with E-state index >= 15 is 0 Å². The fraction of sp³-hybridized carbons (Fsp3) is 0.310. The van der Waals surface area contributed by atoms with E-state index in [1.807, 2.05) is 20.8 Å². The third-order valence-electron chi connectivity index (χ3n) is 6.11. The topological polar surface area (TPSA) is 96.0 Å². The smallest absolute Gasteiger partial charge is 0.264 e. The Labute approximate surface area is 235 Å². The fourth-order valence-corrected chi connectivity index (χ4v) is 5.43. The van der Waals surface area contributed by atoms with Gasteiger partial charge in [0.2, 0.25) is 11.8 Å². The number of sulfonamides is 1. The maximum absolute atomic E-state index is 13.9. The molecule has 0 aliphatic heterocycles. The Balaban J connectivity index is 2.01. The van der Waals surface area contributed by atoms with Crippen LogP contribution < -0.4 is 14.4 Å². The largest absolute Gasteiger partial charge is 0.497 e. The molecule has 3 aromatic rings. The zero-order valence-corrected chi connectivity index (χ0v) is 24.3. The number of nitrogens with one attached hydrogen (secondary N) is 1. The summed E-state index contributed by atoms with van der Waals surface area (Å²) in [6, 6.07) is 18.8. The van der Waals surface area contributed by atoms with Crippen LogP contribution in [0.1, 0.15) is 31.9 Å². The summed E-state index contributed by atoms with van der Waals surface area (Å²) < 4.78 is 33.9. The minimum absolute atomic E-state index is 0.00687. The number of rotatable bonds is 11. The van der Waals surface area contributed by atoms with Gasteiger partial charge in [0.15, 0.2) is 0 Å². The maximum Gasteiger partial charge on any atom is 0.264 e. The van der Waals surface area contributed by atoms with Gasteiger partial charge >= 0.3 is 0 Å². The van der Waals surface area contributed by atoms with Crippen LogP contribution in [0.15, 0.2) is 77.7 Å². The summed E-state index contributed by atoms with van der Waals surface area (Å²) >= 11 is 5.98. The van der Waals surface area contributed by atoms with Gasteiger partial charge in [-0.05, 0) is 81.8 Å². The first-order valence-electron chi connectivity index (χ1n) is 12.5. The van der Waals surface area contributed by atoms with Gasteiger partial charge < -0.3 is 15.0 Å². The molecule has 1 atom stereocenters. The summed E-state index contributed by atoms with van der Waals surface area (Å²) in [5, 5.41) is 3.23. The molecule has 1 N–H and O–H groups in total. The molecule has 2 amide bonds. The second kappa shape index (κ2) is 13.0. The van der Waals surface area contributed by atoms with E-state index in [-0.39, 0.29) is 23.4 Å². The van der Waals surface area contributed by atoms with Gasteiger partial charge in [0.05, 0.1) is 17.7 Å². The molecular formula is C29H34ClN3O5S. The molecule has 8 nitrogen and oxygen atoms in total. The van der Waals surface area contributed by atoms with Crippen LogP contribution in [0.3, 0.4) is 0 Å². The van der Waals surface area contributed by atoms with Crippen molar-refractivity contribution >= 4 is 39.1 Å². The number of methoxy groups -OCH3 is 1. The molecule has 0 spiro atoms. The van der Waals surface area contributed by atoms with E-state index in [4.69, 9.17) is 16.3 Å².